The normalized spacial score (nSPS) is 27.9. The van der Waals surface area contributed by atoms with Gasteiger partial charge in [0.25, 0.3) is 0 Å². The molecule has 2 heteroatoms. The van der Waals surface area contributed by atoms with Crippen molar-refractivity contribution in [1.29, 1.82) is 0 Å². The molecule has 0 N–H and O–H groups in total. The zero-order valence-corrected chi connectivity index (χ0v) is 15.3. The molecule has 2 saturated heterocycles. The van der Waals surface area contributed by atoms with Crippen molar-refractivity contribution in [3.8, 4) is 0 Å². The molecule has 0 amide bonds. The Bertz CT molecular complexity index is 549. The zero-order valence-electron chi connectivity index (χ0n) is 15.3. The molecule has 2 aliphatic heterocycles. The summed E-state index contributed by atoms with van der Waals surface area (Å²) in [4.78, 5) is 16.0. The lowest BCUT2D eigenvalue weighted by molar-refractivity contribution is 0.0764. The predicted molar refractivity (Wildman–Crippen MR) is 96.2 cm³/mol. The quantitative estimate of drug-likeness (QED) is 0.730. The van der Waals surface area contributed by atoms with Crippen molar-refractivity contribution in [3.05, 3.63) is 34.9 Å². The van der Waals surface area contributed by atoms with E-state index >= 15 is 0 Å². The topological polar surface area (TPSA) is 20.3 Å². The van der Waals surface area contributed by atoms with E-state index < -0.39 is 0 Å². The highest BCUT2D eigenvalue weighted by Crippen LogP contribution is 2.40. The van der Waals surface area contributed by atoms with Crippen LogP contribution in [0.4, 0.5) is 0 Å². The summed E-state index contributed by atoms with van der Waals surface area (Å²) in [5.74, 6) is 1.44. The number of piperidine rings is 1. The highest BCUT2D eigenvalue weighted by molar-refractivity contribution is 6.01. The molecule has 0 spiro atoms. The molecule has 0 radical (unpaired) electrons. The third kappa shape index (κ3) is 2.98. The molecule has 0 aliphatic carbocycles. The second-order valence-electron chi connectivity index (χ2n) is 8.20. The summed E-state index contributed by atoms with van der Waals surface area (Å²) < 4.78 is 0. The number of Topliss-reactive ketones (excluding diaryl/α,β-unsaturated/α-hetero) is 1. The van der Waals surface area contributed by atoms with Crippen LogP contribution in [0, 0.1) is 5.92 Å². The molecule has 2 aliphatic rings. The summed E-state index contributed by atoms with van der Waals surface area (Å²) in [7, 11) is 2.24. The molecule has 1 aromatic rings. The number of hydrogen-bond acceptors (Lipinski definition) is 2. The Morgan fingerprint density at radius 1 is 1.00 bits per heavy atom. The van der Waals surface area contributed by atoms with Crippen LogP contribution in [0.15, 0.2) is 18.2 Å². The maximum absolute atomic E-state index is 13.5. The molecule has 126 valence electrons. The number of fused-ring (bicyclic) bond motifs is 2. The van der Waals surface area contributed by atoms with Gasteiger partial charge in [0.2, 0.25) is 0 Å². The Balaban J connectivity index is 1.96. The van der Waals surface area contributed by atoms with Gasteiger partial charge < -0.3 is 4.90 Å². The van der Waals surface area contributed by atoms with Crippen LogP contribution in [0.1, 0.15) is 86.7 Å². The first-order valence-corrected chi connectivity index (χ1v) is 9.29. The van der Waals surface area contributed by atoms with Crippen LogP contribution in [-0.2, 0) is 0 Å². The highest BCUT2D eigenvalue weighted by Gasteiger charge is 2.41. The average Bonchev–Trinajstić information content (AvgIpc) is 2.75. The number of nitrogens with zero attached hydrogens (tertiary/aromatic N) is 1. The number of rotatable bonds is 4. The van der Waals surface area contributed by atoms with Gasteiger partial charge in [0.05, 0.1) is 0 Å². The minimum Gasteiger partial charge on any atom is -0.300 e. The molecular formula is C21H31NO. The van der Waals surface area contributed by atoms with Gasteiger partial charge >= 0.3 is 0 Å². The number of carbonyl (C=O) groups is 1. The first-order valence-electron chi connectivity index (χ1n) is 9.29. The van der Waals surface area contributed by atoms with Crippen molar-refractivity contribution >= 4 is 5.78 Å². The van der Waals surface area contributed by atoms with Crippen LogP contribution in [0.5, 0.6) is 0 Å². The highest BCUT2D eigenvalue weighted by atomic mass is 16.1. The Morgan fingerprint density at radius 3 is 1.91 bits per heavy atom. The van der Waals surface area contributed by atoms with Gasteiger partial charge in [0.15, 0.2) is 5.78 Å². The number of carbonyl (C=O) groups excluding carboxylic acids is 1. The first kappa shape index (κ1) is 16.7. The maximum atomic E-state index is 13.5. The summed E-state index contributed by atoms with van der Waals surface area (Å²) in [6.45, 7) is 8.81. The lowest BCUT2D eigenvalue weighted by atomic mass is 9.79. The number of benzene rings is 1. The van der Waals surface area contributed by atoms with Gasteiger partial charge in [-0.1, -0.05) is 45.9 Å². The smallest absolute Gasteiger partial charge is 0.166 e. The SMILES string of the molecule is CC(C)c1cccc(C(C)C)c1C(=O)C1CC2CCC(C1)N2C. The molecule has 23 heavy (non-hydrogen) atoms. The minimum absolute atomic E-state index is 0.223. The van der Waals surface area contributed by atoms with Crippen molar-refractivity contribution in [2.24, 2.45) is 5.92 Å². The molecule has 2 unspecified atom stereocenters. The van der Waals surface area contributed by atoms with Crippen molar-refractivity contribution in [2.75, 3.05) is 7.05 Å². The van der Waals surface area contributed by atoms with E-state index in [1.165, 1.54) is 24.0 Å². The van der Waals surface area contributed by atoms with Crippen LogP contribution >= 0.6 is 0 Å². The van der Waals surface area contributed by atoms with Crippen LogP contribution in [0.3, 0.4) is 0 Å². The predicted octanol–water partition coefficient (Wildman–Crippen LogP) is 4.99. The monoisotopic (exact) mass is 313 g/mol. The standard InChI is InChI=1S/C21H31NO/c1-13(2)18-7-6-8-19(14(3)4)20(18)21(23)15-11-16-9-10-17(12-15)22(16)5/h6-8,13-17H,9-12H2,1-5H3. The van der Waals surface area contributed by atoms with Crippen LogP contribution in [-0.4, -0.2) is 29.8 Å². The van der Waals surface area contributed by atoms with Crippen molar-refractivity contribution in [3.63, 3.8) is 0 Å². The molecule has 2 nitrogen and oxygen atoms in total. The molecular weight excluding hydrogens is 282 g/mol. The molecule has 0 saturated carbocycles. The summed E-state index contributed by atoms with van der Waals surface area (Å²) >= 11 is 0. The lowest BCUT2D eigenvalue weighted by Gasteiger charge is -2.36. The Morgan fingerprint density at radius 2 is 1.48 bits per heavy atom. The van der Waals surface area contributed by atoms with Crippen molar-refractivity contribution < 1.29 is 4.79 Å². The van der Waals surface area contributed by atoms with E-state index in [2.05, 4.69) is 57.8 Å². The van der Waals surface area contributed by atoms with Gasteiger partial charge in [-0.25, -0.2) is 0 Å². The van der Waals surface area contributed by atoms with Gasteiger partial charge in [-0.3, -0.25) is 4.79 Å². The fraction of sp³-hybridized carbons (Fsp3) is 0.667. The van der Waals surface area contributed by atoms with E-state index in [-0.39, 0.29) is 5.92 Å². The van der Waals surface area contributed by atoms with E-state index in [1.54, 1.807) is 0 Å². The second kappa shape index (κ2) is 6.39. The fourth-order valence-electron chi connectivity index (χ4n) is 4.67. The van der Waals surface area contributed by atoms with E-state index in [4.69, 9.17) is 0 Å². The minimum atomic E-state index is 0.223. The van der Waals surface area contributed by atoms with Gasteiger partial charge in [-0.05, 0) is 55.7 Å². The first-order chi connectivity index (χ1) is 10.9. The molecule has 2 heterocycles. The van der Waals surface area contributed by atoms with E-state index in [1.807, 2.05) is 0 Å². The second-order valence-corrected chi connectivity index (χ2v) is 8.20. The van der Waals surface area contributed by atoms with Crippen LogP contribution in [0.2, 0.25) is 0 Å². The van der Waals surface area contributed by atoms with E-state index in [9.17, 15) is 4.79 Å². The zero-order chi connectivity index (χ0) is 16.7. The van der Waals surface area contributed by atoms with E-state index in [0.29, 0.717) is 29.7 Å². The maximum Gasteiger partial charge on any atom is 0.166 e. The van der Waals surface area contributed by atoms with Crippen molar-refractivity contribution in [1.82, 2.24) is 4.90 Å². The average molecular weight is 313 g/mol. The lowest BCUT2D eigenvalue weighted by Crippen LogP contribution is -2.42. The number of hydrogen-bond donors (Lipinski definition) is 0. The summed E-state index contributed by atoms with van der Waals surface area (Å²) in [6.07, 6.45) is 4.65. The third-order valence-corrected chi connectivity index (χ3v) is 6.09. The largest absolute Gasteiger partial charge is 0.300 e. The number of ketones is 1. The molecule has 2 bridgehead atoms. The van der Waals surface area contributed by atoms with Gasteiger partial charge in [0.1, 0.15) is 0 Å². The van der Waals surface area contributed by atoms with Gasteiger partial charge in [-0.2, -0.15) is 0 Å². The van der Waals surface area contributed by atoms with Gasteiger partial charge in [0, 0.05) is 23.6 Å². The summed E-state index contributed by atoms with van der Waals surface area (Å²) in [6, 6.07) is 7.69. The fourth-order valence-corrected chi connectivity index (χ4v) is 4.67. The summed E-state index contributed by atoms with van der Waals surface area (Å²) in [5, 5.41) is 0. The Hall–Kier alpha value is -1.15. The Kier molecular flexibility index (Phi) is 4.64. The molecule has 2 fully saturated rings. The van der Waals surface area contributed by atoms with Gasteiger partial charge in [-0.15, -0.1) is 0 Å². The van der Waals surface area contributed by atoms with Crippen LogP contribution in [0.25, 0.3) is 0 Å². The summed E-state index contributed by atoms with van der Waals surface area (Å²) in [5.41, 5.74) is 3.53. The third-order valence-electron chi connectivity index (χ3n) is 6.09. The molecule has 1 aromatic carbocycles. The van der Waals surface area contributed by atoms with Crippen molar-refractivity contribution in [2.45, 2.75) is 77.3 Å². The van der Waals surface area contributed by atoms with Crippen LogP contribution < -0.4 is 0 Å². The molecule has 3 rings (SSSR count). The Labute approximate surface area is 141 Å². The molecule has 0 aromatic heterocycles. The van der Waals surface area contributed by atoms with E-state index in [0.717, 1.165) is 18.4 Å². The molecule has 2 atom stereocenters.